The first-order chi connectivity index (χ1) is 12.0. The fraction of sp³-hybridized carbons (Fsp3) is 0.526. The van der Waals surface area contributed by atoms with Crippen LogP contribution < -0.4 is 0 Å². The van der Waals surface area contributed by atoms with Crippen molar-refractivity contribution in [3.8, 4) is 0 Å². The number of carboxylic acids is 1. The van der Waals surface area contributed by atoms with Gasteiger partial charge in [0.05, 0.1) is 0 Å². The Bertz CT molecular complexity index is 715. The van der Waals surface area contributed by atoms with Crippen LogP contribution in [0.5, 0.6) is 0 Å². The number of nitrogens with zero attached hydrogens (tertiary/aromatic N) is 2. The molecule has 2 aliphatic heterocycles. The summed E-state index contributed by atoms with van der Waals surface area (Å²) < 4.78 is 0. The largest absolute Gasteiger partial charge is 0.481 e. The monoisotopic (exact) mass is 342 g/mol. The van der Waals surface area contributed by atoms with Gasteiger partial charge in [-0.1, -0.05) is 24.6 Å². The number of fused-ring (bicyclic) bond motifs is 1. The molecular formula is C19H22N2O4. The molecule has 3 fully saturated rings. The number of aliphatic carboxylic acids is 1. The van der Waals surface area contributed by atoms with Crippen molar-refractivity contribution in [2.45, 2.75) is 19.3 Å². The third-order valence-corrected chi connectivity index (χ3v) is 6.11. The van der Waals surface area contributed by atoms with Crippen LogP contribution in [0.4, 0.5) is 0 Å². The Morgan fingerprint density at radius 2 is 1.64 bits per heavy atom. The summed E-state index contributed by atoms with van der Waals surface area (Å²) in [4.78, 5) is 40.6. The number of carbonyl (C=O) groups excluding carboxylic acids is 2. The SMILES string of the molecule is O=C(c1ccccc1)N1C[C@H]2CN(C(=O)C3CCC3)C[C@@]2(C(=O)O)C1. The van der Waals surface area contributed by atoms with Crippen molar-refractivity contribution in [3.63, 3.8) is 0 Å². The van der Waals surface area contributed by atoms with E-state index in [2.05, 4.69) is 0 Å². The molecule has 3 aliphatic rings. The quantitative estimate of drug-likeness (QED) is 0.902. The van der Waals surface area contributed by atoms with E-state index in [9.17, 15) is 19.5 Å². The molecular weight excluding hydrogens is 320 g/mol. The molecule has 1 aromatic rings. The third kappa shape index (κ3) is 2.51. The zero-order chi connectivity index (χ0) is 17.6. The van der Waals surface area contributed by atoms with Crippen LogP contribution in [-0.4, -0.2) is 58.9 Å². The molecule has 132 valence electrons. The van der Waals surface area contributed by atoms with Crippen LogP contribution in [0, 0.1) is 17.3 Å². The number of hydrogen-bond acceptors (Lipinski definition) is 3. The number of amides is 2. The number of rotatable bonds is 3. The van der Waals surface area contributed by atoms with Crippen molar-refractivity contribution in [3.05, 3.63) is 35.9 Å². The van der Waals surface area contributed by atoms with Gasteiger partial charge in [0, 0.05) is 43.6 Å². The molecule has 6 heteroatoms. The first-order valence-corrected chi connectivity index (χ1v) is 8.88. The second-order valence-corrected chi connectivity index (χ2v) is 7.56. The standard InChI is InChI=1S/C19H22N2O4/c22-16(13-5-2-1-3-6-13)20-9-15-10-21(17(23)14-7-4-8-14)12-19(15,11-20)18(24)25/h1-3,5-6,14-15H,4,7-12H2,(H,24,25)/t15-,19-/m0/s1. The van der Waals surface area contributed by atoms with Crippen molar-refractivity contribution in [1.29, 1.82) is 0 Å². The molecule has 1 saturated carbocycles. The van der Waals surface area contributed by atoms with Gasteiger partial charge in [-0.3, -0.25) is 14.4 Å². The Balaban J connectivity index is 1.52. The number of carbonyl (C=O) groups is 3. The number of hydrogen-bond donors (Lipinski definition) is 1. The molecule has 2 saturated heterocycles. The molecule has 2 atom stereocenters. The van der Waals surface area contributed by atoms with Gasteiger partial charge < -0.3 is 14.9 Å². The highest BCUT2D eigenvalue weighted by molar-refractivity contribution is 5.95. The summed E-state index contributed by atoms with van der Waals surface area (Å²) >= 11 is 0. The fourth-order valence-electron chi connectivity index (χ4n) is 4.37. The Labute approximate surface area is 146 Å². The topological polar surface area (TPSA) is 77.9 Å². The summed E-state index contributed by atoms with van der Waals surface area (Å²) in [6.45, 7) is 1.24. The van der Waals surface area contributed by atoms with Gasteiger partial charge in [0.2, 0.25) is 5.91 Å². The van der Waals surface area contributed by atoms with E-state index in [0.29, 0.717) is 18.7 Å². The lowest BCUT2D eigenvalue weighted by Crippen LogP contribution is -2.44. The van der Waals surface area contributed by atoms with Gasteiger partial charge in [-0.15, -0.1) is 0 Å². The van der Waals surface area contributed by atoms with E-state index in [1.54, 1.807) is 34.1 Å². The van der Waals surface area contributed by atoms with Crippen LogP contribution in [0.1, 0.15) is 29.6 Å². The van der Waals surface area contributed by atoms with Crippen LogP contribution in [0.3, 0.4) is 0 Å². The van der Waals surface area contributed by atoms with Crippen LogP contribution >= 0.6 is 0 Å². The van der Waals surface area contributed by atoms with E-state index in [0.717, 1.165) is 19.3 Å². The molecule has 0 aromatic heterocycles. The maximum Gasteiger partial charge on any atom is 0.313 e. The summed E-state index contributed by atoms with van der Waals surface area (Å²) in [5, 5.41) is 9.88. The minimum Gasteiger partial charge on any atom is -0.481 e. The molecule has 2 amide bonds. The summed E-state index contributed by atoms with van der Waals surface area (Å²) in [6.07, 6.45) is 2.91. The molecule has 0 radical (unpaired) electrons. The number of benzene rings is 1. The first-order valence-electron chi connectivity index (χ1n) is 8.88. The highest BCUT2D eigenvalue weighted by Crippen LogP contribution is 2.44. The minimum atomic E-state index is -1.02. The van der Waals surface area contributed by atoms with E-state index >= 15 is 0 Å². The van der Waals surface area contributed by atoms with E-state index in [4.69, 9.17) is 0 Å². The molecule has 0 spiro atoms. The van der Waals surface area contributed by atoms with Gasteiger partial charge in [0.15, 0.2) is 0 Å². The van der Waals surface area contributed by atoms with Gasteiger partial charge in [-0.25, -0.2) is 0 Å². The van der Waals surface area contributed by atoms with Crippen molar-refractivity contribution >= 4 is 17.8 Å². The maximum atomic E-state index is 12.7. The van der Waals surface area contributed by atoms with E-state index in [1.807, 2.05) is 6.07 Å². The molecule has 2 heterocycles. The third-order valence-electron chi connectivity index (χ3n) is 6.11. The summed E-state index contributed by atoms with van der Waals surface area (Å²) in [7, 11) is 0. The van der Waals surface area contributed by atoms with Crippen LogP contribution in [0.15, 0.2) is 30.3 Å². The van der Waals surface area contributed by atoms with Crippen LogP contribution in [0.2, 0.25) is 0 Å². The number of carboxylic acid groups (broad SMARTS) is 1. The zero-order valence-electron chi connectivity index (χ0n) is 14.1. The average molecular weight is 342 g/mol. The molecule has 1 N–H and O–H groups in total. The Kier molecular flexibility index (Phi) is 3.78. The second-order valence-electron chi connectivity index (χ2n) is 7.56. The van der Waals surface area contributed by atoms with E-state index < -0.39 is 11.4 Å². The van der Waals surface area contributed by atoms with Gasteiger partial charge in [0.1, 0.15) is 5.41 Å². The second kappa shape index (κ2) is 5.86. The highest BCUT2D eigenvalue weighted by Gasteiger charge is 2.59. The summed E-state index contributed by atoms with van der Waals surface area (Å²) in [6, 6.07) is 8.94. The summed E-state index contributed by atoms with van der Waals surface area (Å²) in [5.74, 6) is -1.05. The number of likely N-dealkylation sites (tertiary alicyclic amines) is 2. The first kappa shape index (κ1) is 16.1. The van der Waals surface area contributed by atoms with Crippen LogP contribution in [-0.2, 0) is 9.59 Å². The molecule has 1 aromatic carbocycles. The predicted octanol–water partition coefficient (Wildman–Crippen LogP) is 1.47. The predicted molar refractivity (Wildman–Crippen MR) is 89.8 cm³/mol. The Hall–Kier alpha value is -2.37. The average Bonchev–Trinajstić information content (AvgIpc) is 3.08. The Morgan fingerprint density at radius 1 is 1.00 bits per heavy atom. The zero-order valence-corrected chi connectivity index (χ0v) is 14.1. The van der Waals surface area contributed by atoms with Gasteiger partial charge >= 0.3 is 5.97 Å². The molecule has 1 aliphatic carbocycles. The lowest BCUT2D eigenvalue weighted by atomic mass is 9.81. The fourth-order valence-corrected chi connectivity index (χ4v) is 4.37. The minimum absolute atomic E-state index is 0.0757. The van der Waals surface area contributed by atoms with Crippen molar-refractivity contribution < 1.29 is 19.5 Å². The van der Waals surface area contributed by atoms with Crippen molar-refractivity contribution in [1.82, 2.24) is 9.80 Å². The van der Waals surface area contributed by atoms with Gasteiger partial charge in [-0.2, -0.15) is 0 Å². The lowest BCUT2D eigenvalue weighted by Gasteiger charge is -2.31. The normalized spacial score (nSPS) is 28.6. The van der Waals surface area contributed by atoms with E-state index in [-0.39, 0.29) is 36.7 Å². The molecule has 6 nitrogen and oxygen atoms in total. The van der Waals surface area contributed by atoms with Gasteiger partial charge in [0.25, 0.3) is 5.91 Å². The Morgan fingerprint density at radius 3 is 2.20 bits per heavy atom. The van der Waals surface area contributed by atoms with Crippen molar-refractivity contribution in [2.75, 3.05) is 26.2 Å². The summed E-state index contributed by atoms with van der Waals surface area (Å²) in [5.41, 5.74) is -0.450. The van der Waals surface area contributed by atoms with Crippen LogP contribution in [0.25, 0.3) is 0 Å². The highest BCUT2D eigenvalue weighted by atomic mass is 16.4. The van der Waals surface area contributed by atoms with Gasteiger partial charge in [-0.05, 0) is 25.0 Å². The smallest absolute Gasteiger partial charge is 0.313 e. The maximum absolute atomic E-state index is 12.7. The molecule has 0 bridgehead atoms. The van der Waals surface area contributed by atoms with E-state index in [1.165, 1.54) is 0 Å². The van der Waals surface area contributed by atoms with Crippen molar-refractivity contribution in [2.24, 2.45) is 17.3 Å². The lowest BCUT2D eigenvalue weighted by molar-refractivity contribution is -0.149. The molecule has 4 rings (SSSR count). The molecule has 25 heavy (non-hydrogen) atoms. The molecule has 0 unspecified atom stereocenters.